The Morgan fingerprint density at radius 3 is 2.63 bits per heavy atom. The summed E-state index contributed by atoms with van der Waals surface area (Å²) in [4.78, 5) is 0. The van der Waals surface area contributed by atoms with Gasteiger partial charge in [0.1, 0.15) is 0 Å². The lowest BCUT2D eigenvalue weighted by atomic mass is 9.74. The van der Waals surface area contributed by atoms with Crippen LogP contribution in [0.25, 0.3) is 0 Å². The monoisotopic (exact) mass is 314 g/mol. The van der Waals surface area contributed by atoms with E-state index < -0.39 is 15.6 Å². The van der Waals surface area contributed by atoms with Crippen LogP contribution in [0.2, 0.25) is 0 Å². The van der Waals surface area contributed by atoms with E-state index in [0.717, 1.165) is 25.7 Å². The van der Waals surface area contributed by atoms with Gasteiger partial charge in [-0.05, 0) is 25.7 Å². The summed E-state index contributed by atoms with van der Waals surface area (Å²) in [5.41, 5.74) is 5.38. The van der Waals surface area contributed by atoms with Crippen molar-refractivity contribution >= 4 is 22.4 Å². The molecule has 0 bridgehead atoms. The van der Waals surface area contributed by atoms with Gasteiger partial charge in [-0.3, -0.25) is 0 Å². The van der Waals surface area contributed by atoms with Crippen molar-refractivity contribution in [1.29, 1.82) is 0 Å². The van der Waals surface area contributed by atoms with E-state index in [0.29, 0.717) is 13.2 Å². The fourth-order valence-electron chi connectivity index (χ4n) is 2.58. The quantitative estimate of drug-likeness (QED) is 0.693. The first-order valence-corrected chi connectivity index (χ1v) is 8.40. The van der Waals surface area contributed by atoms with Gasteiger partial charge in [-0.25, -0.2) is 13.1 Å². The van der Waals surface area contributed by atoms with Crippen molar-refractivity contribution in [3.05, 3.63) is 0 Å². The summed E-state index contributed by atoms with van der Waals surface area (Å²) >= 11 is 0. The van der Waals surface area contributed by atoms with Crippen molar-refractivity contribution in [1.82, 2.24) is 4.72 Å². The number of nitrogens with two attached hydrogens (primary N) is 1. The lowest BCUT2D eigenvalue weighted by Gasteiger charge is -2.42. The van der Waals surface area contributed by atoms with Crippen molar-refractivity contribution in [3.63, 3.8) is 0 Å². The SMILES string of the molecule is CCOCCS(=O)(=O)NC1(CN)CCCCC1C.Cl. The molecule has 1 aliphatic carbocycles. The zero-order chi connectivity index (χ0) is 13.6. The molecule has 0 amide bonds. The Hall–Kier alpha value is 0.120. The Kier molecular flexibility index (Phi) is 8.47. The molecular formula is C12H27ClN2O3S. The zero-order valence-electron chi connectivity index (χ0n) is 11.9. The van der Waals surface area contributed by atoms with E-state index in [2.05, 4.69) is 11.6 Å². The molecule has 0 aliphatic heterocycles. The molecule has 0 saturated heterocycles. The first kappa shape index (κ1) is 19.1. The second-order valence-corrected chi connectivity index (χ2v) is 6.97. The van der Waals surface area contributed by atoms with E-state index >= 15 is 0 Å². The predicted octanol–water partition coefficient (Wildman–Crippen LogP) is 1.27. The minimum Gasteiger partial charge on any atom is -0.381 e. The average molecular weight is 315 g/mol. The Morgan fingerprint density at radius 2 is 2.11 bits per heavy atom. The summed E-state index contributed by atoms with van der Waals surface area (Å²) < 4.78 is 32.0. The van der Waals surface area contributed by atoms with E-state index in [1.165, 1.54) is 0 Å². The van der Waals surface area contributed by atoms with Crippen LogP contribution in [0.4, 0.5) is 0 Å². The maximum Gasteiger partial charge on any atom is 0.214 e. The van der Waals surface area contributed by atoms with Crippen LogP contribution in [0, 0.1) is 5.92 Å². The molecule has 19 heavy (non-hydrogen) atoms. The van der Waals surface area contributed by atoms with Gasteiger partial charge in [-0.15, -0.1) is 12.4 Å². The highest BCUT2D eigenvalue weighted by atomic mass is 35.5. The van der Waals surface area contributed by atoms with Gasteiger partial charge in [-0.1, -0.05) is 19.8 Å². The molecule has 2 atom stereocenters. The van der Waals surface area contributed by atoms with Gasteiger partial charge in [0.15, 0.2) is 0 Å². The lowest BCUT2D eigenvalue weighted by molar-refractivity contribution is 0.161. The molecule has 1 aliphatic rings. The maximum atomic E-state index is 12.0. The first-order valence-electron chi connectivity index (χ1n) is 6.75. The molecule has 5 nitrogen and oxygen atoms in total. The fourth-order valence-corrected chi connectivity index (χ4v) is 4.03. The number of hydrogen-bond acceptors (Lipinski definition) is 4. The van der Waals surface area contributed by atoms with Gasteiger partial charge in [0.2, 0.25) is 10.0 Å². The predicted molar refractivity (Wildman–Crippen MR) is 80.1 cm³/mol. The van der Waals surface area contributed by atoms with Crippen molar-refractivity contribution in [2.24, 2.45) is 11.7 Å². The summed E-state index contributed by atoms with van der Waals surface area (Å²) in [6, 6.07) is 0. The van der Waals surface area contributed by atoms with E-state index in [4.69, 9.17) is 10.5 Å². The fraction of sp³-hybridized carbons (Fsp3) is 1.00. The summed E-state index contributed by atoms with van der Waals surface area (Å²) in [5, 5.41) is 0. The topological polar surface area (TPSA) is 81.4 Å². The van der Waals surface area contributed by atoms with Gasteiger partial charge in [-0.2, -0.15) is 0 Å². The first-order chi connectivity index (χ1) is 8.46. The normalized spacial score (nSPS) is 27.8. The second-order valence-electron chi connectivity index (χ2n) is 5.12. The van der Waals surface area contributed by atoms with Crippen LogP contribution >= 0.6 is 12.4 Å². The van der Waals surface area contributed by atoms with Crippen LogP contribution in [-0.2, 0) is 14.8 Å². The minimum absolute atomic E-state index is 0. The summed E-state index contributed by atoms with van der Waals surface area (Å²) in [7, 11) is -3.31. The van der Waals surface area contributed by atoms with Gasteiger partial charge >= 0.3 is 0 Å². The smallest absolute Gasteiger partial charge is 0.214 e. The largest absolute Gasteiger partial charge is 0.381 e. The number of rotatable bonds is 7. The molecule has 0 radical (unpaired) electrons. The second kappa shape index (κ2) is 8.42. The van der Waals surface area contributed by atoms with Crippen molar-refractivity contribution in [3.8, 4) is 0 Å². The Labute approximate surface area is 123 Å². The summed E-state index contributed by atoms with van der Waals surface area (Å²) in [6.07, 6.45) is 4.06. The number of hydrogen-bond donors (Lipinski definition) is 2. The van der Waals surface area contributed by atoms with Gasteiger partial charge < -0.3 is 10.5 Å². The van der Waals surface area contributed by atoms with Crippen molar-refractivity contribution < 1.29 is 13.2 Å². The molecule has 0 aromatic carbocycles. The van der Waals surface area contributed by atoms with Gasteiger partial charge in [0, 0.05) is 18.7 Å². The number of sulfonamides is 1. The minimum atomic E-state index is -3.31. The molecule has 0 spiro atoms. The Morgan fingerprint density at radius 1 is 1.42 bits per heavy atom. The van der Waals surface area contributed by atoms with E-state index in [1.54, 1.807) is 0 Å². The summed E-state index contributed by atoms with van der Waals surface area (Å²) in [5.74, 6) is 0.299. The highest BCUT2D eigenvalue weighted by Crippen LogP contribution is 2.33. The van der Waals surface area contributed by atoms with E-state index in [1.807, 2.05) is 6.92 Å². The number of halogens is 1. The molecule has 0 aromatic heterocycles. The third-order valence-corrected chi connectivity index (χ3v) is 5.30. The lowest BCUT2D eigenvalue weighted by Crippen LogP contribution is -2.59. The van der Waals surface area contributed by atoms with Crippen LogP contribution in [0.15, 0.2) is 0 Å². The molecule has 1 saturated carbocycles. The molecule has 2 unspecified atom stereocenters. The van der Waals surface area contributed by atoms with Crippen LogP contribution < -0.4 is 10.5 Å². The standard InChI is InChI=1S/C12H26N2O3S.ClH/c1-3-17-8-9-18(15,16)14-12(10-13)7-5-4-6-11(12)2;/h11,14H,3-10,13H2,1-2H3;1H. The third kappa shape index (κ3) is 5.55. The molecule has 1 fully saturated rings. The van der Waals surface area contributed by atoms with Gasteiger partial charge in [0.25, 0.3) is 0 Å². The average Bonchev–Trinajstić information content (AvgIpc) is 2.32. The van der Waals surface area contributed by atoms with Gasteiger partial charge in [0.05, 0.1) is 12.4 Å². The molecule has 0 aromatic rings. The highest BCUT2D eigenvalue weighted by Gasteiger charge is 2.39. The van der Waals surface area contributed by atoms with E-state index in [-0.39, 0.29) is 30.7 Å². The van der Waals surface area contributed by atoms with Crippen LogP contribution in [-0.4, -0.2) is 39.5 Å². The Bertz CT molecular complexity index is 351. The molecule has 116 valence electrons. The van der Waals surface area contributed by atoms with E-state index in [9.17, 15) is 8.42 Å². The zero-order valence-corrected chi connectivity index (χ0v) is 13.5. The molecular weight excluding hydrogens is 288 g/mol. The van der Waals surface area contributed by atoms with Crippen LogP contribution in [0.1, 0.15) is 39.5 Å². The van der Waals surface area contributed by atoms with Crippen LogP contribution in [0.5, 0.6) is 0 Å². The van der Waals surface area contributed by atoms with Crippen molar-refractivity contribution in [2.45, 2.75) is 45.1 Å². The Balaban J connectivity index is 0.00000324. The molecule has 1 rings (SSSR count). The molecule has 0 heterocycles. The number of ether oxygens (including phenoxy) is 1. The maximum absolute atomic E-state index is 12.0. The molecule has 3 N–H and O–H groups in total. The van der Waals surface area contributed by atoms with Crippen molar-refractivity contribution in [2.75, 3.05) is 25.5 Å². The third-order valence-electron chi connectivity index (χ3n) is 3.88. The number of nitrogens with one attached hydrogen (secondary N) is 1. The van der Waals surface area contributed by atoms with Crippen LogP contribution in [0.3, 0.4) is 0 Å². The molecule has 7 heteroatoms. The highest BCUT2D eigenvalue weighted by molar-refractivity contribution is 7.89. The summed E-state index contributed by atoms with van der Waals surface area (Å²) in [6.45, 7) is 5.07.